The van der Waals surface area contributed by atoms with Crippen molar-refractivity contribution >= 4 is 5.91 Å². The van der Waals surface area contributed by atoms with Crippen LogP contribution in [-0.4, -0.2) is 39.7 Å². The normalized spacial score (nSPS) is 15.8. The zero-order valence-corrected chi connectivity index (χ0v) is 20.2. The van der Waals surface area contributed by atoms with E-state index in [9.17, 15) is 15.2 Å². The first-order chi connectivity index (χ1) is 16.8. The predicted octanol–water partition coefficient (Wildman–Crippen LogP) is 4.71. The van der Waals surface area contributed by atoms with Gasteiger partial charge in [-0.25, -0.2) is 0 Å². The van der Waals surface area contributed by atoms with Gasteiger partial charge in [0.1, 0.15) is 23.3 Å². The Kier molecular flexibility index (Phi) is 5.78. The van der Waals surface area contributed by atoms with Gasteiger partial charge in [-0.05, 0) is 68.8 Å². The van der Waals surface area contributed by atoms with Gasteiger partial charge in [0.25, 0.3) is 5.91 Å². The molecular weight excluding hydrogens is 442 g/mol. The Hall–Kier alpha value is -3.76. The Balaban J connectivity index is 0.00000304. The molecule has 1 fully saturated rings. The summed E-state index contributed by atoms with van der Waals surface area (Å²) in [7, 11) is 0. The minimum atomic E-state index is -0.599. The Morgan fingerprint density at radius 2 is 1.97 bits per heavy atom. The highest BCUT2D eigenvalue weighted by molar-refractivity contribution is 5.94. The second-order valence-electron chi connectivity index (χ2n) is 9.56. The van der Waals surface area contributed by atoms with E-state index in [4.69, 9.17) is 9.47 Å². The molecule has 1 spiro atoms. The largest absolute Gasteiger partial charge is 0.491 e. The van der Waals surface area contributed by atoms with E-state index in [1.165, 1.54) is 0 Å². The van der Waals surface area contributed by atoms with Crippen LogP contribution in [0.15, 0.2) is 48.5 Å². The third-order valence-electron chi connectivity index (χ3n) is 6.82. The van der Waals surface area contributed by atoms with Crippen LogP contribution in [0.5, 0.6) is 11.5 Å². The van der Waals surface area contributed by atoms with Crippen LogP contribution in [-0.2, 0) is 12.2 Å². The summed E-state index contributed by atoms with van der Waals surface area (Å²) < 4.78 is 14.4. The number of fused-ring (bicyclic) bond motifs is 4. The molecule has 0 saturated carbocycles. The average molecular weight is 474 g/mol. The van der Waals surface area contributed by atoms with Gasteiger partial charge >= 0.3 is 0 Å². The number of aliphatic hydroxyl groups excluding tert-OH is 1. The maximum Gasteiger partial charge on any atom is 0.253 e. The highest BCUT2D eigenvalue weighted by Gasteiger charge is 2.45. The fourth-order valence-electron chi connectivity index (χ4n) is 5.11. The van der Waals surface area contributed by atoms with Crippen molar-refractivity contribution in [3.05, 3.63) is 76.6 Å². The minimum Gasteiger partial charge on any atom is -0.491 e. The van der Waals surface area contributed by atoms with Crippen molar-refractivity contribution in [2.24, 2.45) is 0 Å². The molecule has 0 unspecified atom stereocenters. The fraction of sp³-hybridized carbons (Fsp3) is 0.357. The number of aromatic nitrogens is 1. The molecule has 182 valence electrons. The number of hydrogen-bond acceptors (Lipinski definition) is 5. The minimum absolute atomic E-state index is 0. The Bertz CT molecular complexity index is 1330. The first-order valence-electron chi connectivity index (χ1n) is 12.0. The smallest absolute Gasteiger partial charge is 0.253 e. The molecule has 3 aromatic rings. The Labute approximate surface area is 206 Å². The molecule has 1 aromatic heterocycles. The van der Waals surface area contributed by atoms with Crippen molar-refractivity contribution in [2.45, 2.75) is 51.9 Å². The van der Waals surface area contributed by atoms with Gasteiger partial charge in [-0.3, -0.25) is 9.36 Å². The number of aliphatic hydroxyl groups is 1. The SMILES string of the molecule is Cc1ccc2c(c1)OC1(CCN(C(=O)c3ccc(OC(C)C)c(CO)c3)CC1)c1ccc(C#N)n1-2.[HH]. The monoisotopic (exact) mass is 473 g/mol. The van der Waals surface area contributed by atoms with Gasteiger partial charge in [0.15, 0.2) is 5.60 Å². The molecule has 1 saturated heterocycles. The lowest BCUT2D eigenvalue weighted by atomic mass is 9.86. The Morgan fingerprint density at radius 1 is 1.20 bits per heavy atom. The summed E-state index contributed by atoms with van der Waals surface area (Å²) >= 11 is 0. The number of aryl methyl sites for hydroxylation is 1. The first kappa shape index (κ1) is 23.0. The van der Waals surface area contributed by atoms with Crippen LogP contribution in [0.4, 0.5) is 0 Å². The van der Waals surface area contributed by atoms with E-state index in [0.717, 1.165) is 22.7 Å². The molecular formula is C28H31N3O4. The van der Waals surface area contributed by atoms with E-state index in [1.807, 2.05) is 60.6 Å². The summed E-state index contributed by atoms with van der Waals surface area (Å²) in [6, 6.07) is 17.4. The highest BCUT2D eigenvalue weighted by atomic mass is 16.5. The summed E-state index contributed by atoms with van der Waals surface area (Å²) in [6.45, 7) is 6.71. The van der Waals surface area contributed by atoms with E-state index in [0.29, 0.717) is 48.5 Å². The number of likely N-dealkylation sites (tertiary alicyclic amines) is 1. The van der Waals surface area contributed by atoms with Gasteiger partial charge in [0.05, 0.1) is 24.1 Å². The number of ether oxygens (including phenoxy) is 2. The van der Waals surface area contributed by atoms with Crippen LogP contribution in [0, 0.1) is 18.3 Å². The third-order valence-corrected chi connectivity index (χ3v) is 6.82. The molecule has 0 radical (unpaired) electrons. The van der Waals surface area contributed by atoms with Crippen LogP contribution in [0.2, 0.25) is 0 Å². The number of hydrogen-bond donors (Lipinski definition) is 1. The quantitative estimate of drug-likeness (QED) is 0.593. The zero-order valence-electron chi connectivity index (χ0n) is 20.2. The van der Waals surface area contributed by atoms with Gasteiger partial charge in [0, 0.05) is 38.5 Å². The molecule has 2 aromatic carbocycles. The molecule has 7 nitrogen and oxygen atoms in total. The molecule has 2 aliphatic rings. The van der Waals surface area contributed by atoms with Crippen molar-refractivity contribution < 1.29 is 20.8 Å². The van der Waals surface area contributed by atoms with Gasteiger partial charge < -0.3 is 19.5 Å². The number of piperidine rings is 1. The lowest BCUT2D eigenvalue weighted by molar-refractivity contribution is -0.00941. The molecule has 1 amide bonds. The number of benzene rings is 2. The van der Waals surface area contributed by atoms with Crippen molar-refractivity contribution in [3.63, 3.8) is 0 Å². The van der Waals surface area contributed by atoms with Gasteiger partial charge in [-0.2, -0.15) is 5.26 Å². The van der Waals surface area contributed by atoms with E-state index >= 15 is 0 Å². The number of carbonyl (C=O) groups is 1. The lowest BCUT2D eigenvalue weighted by Crippen LogP contribution is -2.50. The van der Waals surface area contributed by atoms with Crippen LogP contribution in [0.1, 0.15) is 61.0 Å². The lowest BCUT2D eigenvalue weighted by Gasteiger charge is -2.45. The van der Waals surface area contributed by atoms with Gasteiger partial charge in [-0.1, -0.05) is 6.07 Å². The van der Waals surface area contributed by atoms with Crippen LogP contribution in [0.3, 0.4) is 0 Å². The molecule has 5 rings (SSSR count). The van der Waals surface area contributed by atoms with Crippen LogP contribution >= 0.6 is 0 Å². The van der Waals surface area contributed by atoms with E-state index < -0.39 is 5.60 Å². The molecule has 0 bridgehead atoms. The highest BCUT2D eigenvalue weighted by Crippen LogP contribution is 2.46. The number of amides is 1. The van der Waals surface area contributed by atoms with Crippen molar-refractivity contribution in [2.75, 3.05) is 13.1 Å². The summed E-state index contributed by atoms with van der Waals surface area (Å²) in [6.07, 6.45) is 1.20. The fourth-order valence-corrected chi connectivity index (χ4v) is 5.11. The van der Waals surface area contributed by atoms with Crippen LogP contribution < -0.4 is 9.47 Å². The second kappa shape index (κ2) is 8.79. The summed E-state index contributed by atoms with van der Waals surface area (Å²) in [5.74, 6) is 1.28. The molecule has 0 atom stereocenters. The summed E-state index contributed by atoms with van der Waals surface area (Å²) in [4.78, 5) is 15.2. The molecule has 3 heterocycles. The third kappa shape index (κ3) is 3.94. The number of nitriles is 1. The molecule has 0 aliphatic carbocycles. The summed E-state index contributed by atoms with van der Waals surface area (Å²) in [5, 5.41) is 19.5. The van der Waals surface area contributed by atoms with Crippen LogP contribution in [0.25, 0.3) is 5.69 Å². The van der Waals surface area contributed by atoms with Crippen molar-refractivity contribution in [1.82, 2.24) is 9.47 Å². The average Bonchev–Trinajstić information content (AvgIpc) is 3.29. The standard InChI is InChI=1S/C28H29N3O4.H2/c1-18(2)34-24-8-5-20(15-21(24)17-32)27(33)30-12-10-28(11-13-30)26-9-6-22(16-29)31(26)23-7-4-19(3)14-25(23)35-28;/h4-9,14-15,18,32H,10-13,17H2,1-3H3;1H. The zero-order chi connectivity index (χ0) is 24.7. The van der Waals surface area contributed by atoms with E-state index in [2.05, 4.69) is 6.07 Å². The second-order valence-corrected chi connectivity index (χ2v) is 9.56. The number of nitrogens with zero attached hydrogens (tertiary/aromatic N) is 3. The maximum absolute atomic E-state index is 13.3. The number of rotatable bonds is 4. The maximum atomic E-state index is 13.3. The number of carbonyl (C=O) groups excluding carboxylic acids is 1. The Morgan fingerprint density at radius 3 is 2.66 bits per heavy atom. The van der Waals surface area contributed by atoms with Crippen molar-refractivity contribution in [3.8, 4) is 23.3 Å². The molecule has 2 aliphatic heterocycles. The predicted molar refractivity (Wildman–Crippen MR) is 133 cm³/mol. The van der Waals surface area contributed by atoms with Gasteiger partial charge in [-0.15, -0.1) is 0 Å². The molecule has 35 heavy (non-hydrogen) atoms. The molecule has 7 heteroatoms. The van der Waals surface area contributed by atoms with E-state index in [-0.39, 0.29) is 20.0 Å². The van der Waals surface area contributed by atoms with Crippen molar-refractivity contribution in [1.29, 1.82) is 5.26 Å². The first-order valence-corrected chi connectivity index (χ1v) is 12.0. The molecule has 1 N–H and O–H groups in total. The van der Waals surface area contributed by atoms with Gasteiger partial charge in [0.2, 0.25) is 0 Å². The topological polar surface area (TPSA) is 87.7 Å². The van der Waals surface area contributed by atoms with E-state index in [1.54, 1.807) is 18.2 Å². The summed E-state index contributed by atoms with van der Waals surface area (Å²) in [5.41, 5.74) is 4.02.